The summed E-state index contributed by atoms with van der Waals surface area (Å²) in [5, 5.41) is 13.3. The van der Waals surface area contributed by atoms with E-state index in [9.17, 15) is 4.79 Å². The van der Waals surface area contributed by atoms with Crippen LogP contribution in [0.3, 0.4) is 0 Å². The molecule has 4 fully saturated rings. The molecule has 5 nitrogen and oxygen atoms in total. The Morgan fingerprint density at radius 1 is 0.971 bits per heavy atom. The molecule has 35 heavy (non-hydrogen) atoms. The van der Waals surface area contributed by atoms with Crippen molar-refractivity contribution in [2.45, 2.75) is 57.9 Å². The number of hydrogen-bond acceptors (Lipinski definition) is 5. The van der Waals surface area contributed by atoms with E-state index in [-0.39, 0.29) is 11.3 Å². The maximum absolute atomic E-state index is 13.2. The highest BCUT2D eigenvalue weighted by atomic mass is 32.1. The van der Waals surface area contributed by atoms with Gasteiger partial charge in [-0.1, -0.05) is 12.1 Å². The zero-order chi connectivity index (χ0) is 23.7. The number of amides is 1. The molecule has 3 N–H and O–H groups in total. The van der Waals surface area contributed by atoms with Crippen LogP contribution in [0.4, 0.5) is 11.5 Å². The number of carbonyl (C=O) groups excluding carboxylic acids is 1. The number of nitrogens with zero attached hydrogens (tertiary/aromatic N) is 1. The van der Waals surface area contributed by atoms with E-state index in [4.69, 9.17) is 4.98 Å². The van der Waals surface area contributed by atoms with Crippen LogP contribution in [0.5, 0.6) is 0 Å². The van der Waals surface area contributed by atoms with Gasteiger partial charge in [0.2, 0.25) is 5.91 Å². The number of pyridine rings is 1. The summed E-state index contributed by atoms with van der Waals surface area (Å²) in [4.78, 5) is 19.3. The van der Waals surface area contributed by atoms with E-state index in [1.54, 1.807) is 11.3 Å². The standard InChI is InChI=1S/C29H36N4OS/c34-28(18-29-15-20-12-21(16-29)14-22(13-20)17-29)33-26-6-1-5-25-24(26)7-8-27(32-25)31-10-3-9-30-19-23-4-2-11-35-23/h1-2,4-8,11,20-22,30H,3,9-10,12-19H2,(H,31,32)(H,33,34). The fourth-order valence-corrected chi connectivity index (χ4v) is 8.13. The van der Waals surface area contributed by atoms with Crippen molar-refractivity contribution in [3.63, 3.8) is 0 Å². The first kappa shape index (κ1) is 23.0. The molecule has 4 saturated carbocycles. The largest absolute Gasteiger partial charge is 0.370 e. The molecular weight excluding hydrogens is 452 g/mol. The highest BCUT2D eigenvalue weighted by Gasteiger charge is 2.51. The summed E-state index contributed by atoms with van der Waals surface area (Å²) in [6, 6.07) is 14.4. The van der Waals surface area contributed by atoms with Gasteiger partial charge in [-0.05, 0) is 110 Å². The third-order valence-corrected chi connectivity index (χ3v) is 9.30. The van der Waals surface area contributed by atoms with Crippen molar-refractivity contribution in [3.8, 4) is 0 Å². The van der Waals surface area contributed by atoms with Gasteiger partial charge >= 0.3 is 0 Å². The Morgan fingerprint density at radius 2 is 1.77 bits per heavy atom. The average Bonchev–Trinajstić information content (AvgIpc) is 3.34. The molecule has 184 valence electrons. The highest BCUT2D eigenvalue weighted by Crippen LogP contribution is 2.61. The Balaban J connectivity index is 1.03. The van der Waals surface area contributed by atoms with Crippen LogP contribution in [0, 0.1) is 23.2 Å². The van der Waals surface area contributed by atoms with Crippen LogP contribution in [0.15, 0.2) is 47.8 Å². The number of hydrogen-bond donors (Lipinski definition) is 3. The number of aromatic nitrogens is 1. The zero-order valence-electron chi connectivity index (χ0n) is 20.4. The van der Waals surface area contributed by atoms with E-state index in [1.807, 2.05) is 24.3 Å². The monoisotopic (exact) mass is 488 g/mol. The summed E-state index contributed by atoms with van der Waals surface area (Å²) in [5.41, 5.74) is 2.06. The SMILES string of the molecule is O=C(CC12CC3CC(CC(C3)C1)C2)Nc1cccc2nc(NCCCNCc3cccs3)ccc12. The molecule has 0 aliphatic heterocycles. The summed E-state index contributed by atoms with van der Waals surface area (Å²) < 4.78 is 0. The van der Waals surface area contributed by atoms with Gasteiger partial charge in [0.1, 0.15) is 5.82 Å². The van der Waals surface area contributed by atoms with Gasteiger partial charge in [0.25, 0.3) is 0 Å². The summed E-state index contributed by atoms with van der Waals surface area (Å²) in [6.07, 6.45) is 9.76. The summed E-state index contributed by atoms with van der Waals surface area (Å²) in [7, 11) is 0. The summed E-state index contributed by atoms with van der Waals surface area (Å²) in [6.45, 7) is 2.78. The molecule has 1 aromatic carbocycles. The van der Waals surface area contributed by atoms with E-state index < -0.39 is 0 Å². The molecule has 2 heterocycles. The van der Waals surface area contributed by atoms with Crippen molar-refractivity contribution in [2.75, 3.05) is 23.7 Å². The van der Waals surface area contributed by atoms with E-state index >= 15 is 0 Å². The quantitative estimate of drug-likeness (QED) is 0.288. The molecule has 7 rings (SSSR count). The molecule has 3 aromatic rings. The lowest BCUT2D eigenvalue weighted by atomic mass is 9.49. The first-order valence-electron chi connectivity index (χ1n) is 13.3. The van der Waals surface area contributed by atoms with Crippen LogP contribution in [-0.2, 0) is 11.3 Å². The minimum absolute atomic E-state index is 0.177. The topological polar surface area (TPSA) is 66.0 Å². The normalized spacial score (nSPS) is 26.8. The van der Waals surface area contributed by atoms with Gasteiger partial charge in [-0.3, -0.25) is 4.79 Å². The molecule has 0 spiro atoms. The fourth-order valence-electron chi connectivity index (χ4n) is 7.46. The van der Waals surface area contributed by atoms with Crippen LogP contribution in [-0.4, -0.2) is 24.0 Å². The van der Waals surface area contributed by atoms with Crippen LogP contribution in [0.1, 0.15) is 56.2 Å². The molecular formula is C29H36N4OS. The Bertz CT molecular complexity index is 1140. The van der Waals surface area contributed by atoms with Crippen LogP contribution in [0.2, 0.25) is 0 Å². The summed E-state index contributed by atoms with van der Waals surface area (Å²) >= 11 is 1.79. The van der Waals surface area contributed by atoms with E-state index in [0.717, 1.165) is 66.2 Å². The number of carbonyl (C=O) groups is 1. The predicted octanol–water partition coefficient (Wildman–Crippen LogP) is 6.43. The lowest BCUT2D eigenvalue weighted by Gasteiger charge is -2.56. The Hall–Kier alpha value is -2.44. The van der Waals surface area contributed by atoms with Gasteiger partial charge in [-0.25, -0.2) is 4.98 Å². The molecule has 0 saturated heterocycles. The van der Waals surface area contributed by atoms with E-state index in [1.165, 1.54) is 43.4 Å². The Kier molecular flexibility index (Phi) is 6.50. The maximum Gasteiger partial charge on any atom is 0.224 e. The molecule has 6 heteroatoms. The van der Waals surface area contributed by atoms with E-state index in [2.05, 4.69) is 39.5 Å². The van der Waals surface area contributed by atoms with Crippen molar-refractivity contribution in [1.29, 1.82) is 0 Å². The summed E-state index contributed by atoms with van der Waals surface area (Å²) in [5.74, 6) is 3.68. The van der Waals surface area contributed by atoms with Crippen molar-refractivity contribution in [3.05, 3.63) is 52.7 Å². The number of benzene rings is 1. The predicted molar refractivity (Wildman–Crippen MR) is 145 cm³/mol. The lowest BCUT2D eigenvalue weighted by molar-refractivity contribution is -0.124. The van der Waals surface area contributed by atoms with Crippen LogP contribution in [0.25, 0.3) is 10.9 Å². The van der Waals surface area contributed by atoms with Crippen molar-refractivity contribution in [1.82, 2.24) is 10.3 Å². The molecule has 0 atom stereocenters. The molecule has 4 aliphatic carbocycles. The average molecular weight is 489 g/mol. The third-order valence-electron chi connectivity index (χ3n) is 8.42. The minimum Gasteiger partial charge on any atom is -0.370 e. The second-order valence-corrected chi connectivity index (χ2v) is 12.3. The number of fused-ring (bicyclic) bond motifs is 1. The molecule has 4 bridgehead atoms. The first-order chi connectivity index (χ1) is 17.1. The Morgan fingerprint density at radius 3 is 2.51 bits per heavy atom. The van der Waals surface area contributed by atoms with Crippen LogP contribution < -0.4 is 16.0 Å². The zero-order valence-corrected chi connectivity index (χ0v) is 21.2. The number of thiophene rings is 1. The van der Waals surface area contributed by atoms with Crippen molar-refractivity contribution in [2.24, 2.45) is 23.2 Å². The fraction of sp³-hybridized carbons (Fsp3) is 0.517. The van der Waals surface area contributed by atoms with Gasteiger partial charge in [-0.15, -0.1) is 11.3 Å². The smallest absolute Gasteiger partial charge is 0.224 e. The second-order valence-electron chi connectivity index (χ2n) is 11.2. The number of anilines is 2. The van der Waals surface area contributed by atoms with Gasteiger partial charge in [0.05, 0.1) is 11.2 Å². The van der Waals surface area contributed by atoms with Crippen molar-refractivity contribution >= 4 is 39.7 Å². The molecule has 1 amide bonds. The molecule has 0 radical (unpaired) electrons. The third kappa shape index (κ3) is 5.24. The number of rotatable bonds is 10. The lowest BCUT2D eigenvalue weighted by Crippen LogP contribution is -2.47. The second kappa shape index (κ2) is 9.90. The molecule has 0 unspecified atom stereocenters. The van der Waals surface area contributed by atoms with Crippen LogP contribution >= 0.6 is 11.3 Å². The Labute approximate surface area is 212 Å². The van der Waals surface area contributed by atoms with E-state index in [0.29, 0.717) is 6.42 Å². The molecule has 4 aliphatic rings. The maximum atomic E-state index is 13.2. The van der Waals surface area contributed by atoms with Gasteiger partial charge in [0, 0.05) is 29.8 Å². The van der Waals surface area contributed by atoms with Gasteiger partial charge in [-0.2, -0.15) is 0 Å². The highest BCUT2D eigenvalue weighted by molar-refractivity contribution is 7.09. The van der Waals surface area contributed by atoms with Gasteiger partial charge < -0.3 is 16.0 Å². The molecule has 2 aromatic heterocycles. The number of nitrogens with one attached hydrogen (secondary N) is 3. The van der Waals surface area contributed by atoms with Crippen molar-refractivity contribution < 1.29 is 4.79 Å². The first-order valence-corrected chi connectivity index (χ1v) is 14.2. The minimum atomic E-state index is 0.177. The van der Waals surface area contributed by atoms with Gasteiger partial charge in [0.15, 0.2) is 0 Å².